The van der Waals surface area contributed by atoms with Crippen LogP contribution in [0.1, 0.15) is 21.5 Å². The van der Waals surface area contributed by atoms with E-state index in [1.165, 1.54) is 43.1 Å². The first-order valence-corrected chi connectivity index (χ1v) is 12.1. The Morgan fingerprint density at radius 3 is 2.16 bits per heavy atom. The number of aryl methyl sites for hydroxylation is 2. The van der Waals surface area contributed by atoms with Gasteiger partial charge in [-0.25, -0.2) is 17.7 Å². The maximum absolute atomic E-state index is 13.4. The lowest BCUT2D eigenvalue weighted by molar-refractivity contribution is 0.0985. The SMILES string of the molecule is Cc1cc2nc(N(CCN(C)C)C(=O)c3ccc(S(=O)(=O)N(C)C)cc3)sc2cc1C. The number of aromatic nitrogens is 1. The van der Waals surface area contributed by atoms with E-state index in [9.17, 15) is 13.2 Å². The zero-order chi connectivity index (χ0) is 22.9. The smallest absolute Gasteiger partial charge is 0.260 e. The van der Waals surface area contributed by atoms with Crippen molar-refractivity contribution in [2.45, 2.75) is 18.7 Å². The number of hydrogen-bond acceptors (Lipinski definition) is 6. The Hall–Kier alpha value is -2.33. The second kappa shape index (κ2) is 9.04. The Morgan fingerprint density at radius 2 is 1.58 bits per heavy atom. The Balaban J connectivity index is 1.98. The van der Waals surface area contributed by atoms with Gasteiger partial charge in [0.15, 0.2) is 5.13 Å². The normalized spacial score (nSPS) is 12.1. The standard InChI is InChI=1S/C22H28N4O3S2/c1-15-13-19-20(14-16(15)2)30-22(23-19)26(12-11-24(3)4)21(27)17-7-9-18(10-8-17)31(28,29)25(5)6/h7-10,13-14H,11-12H2,1-6H3. The minimum Gasteiger partial charge on any atom is -0.308 e. The summed E-state index contributed by atoms with van der Waals surface area (Å²) in [5, 5.41) is 0.636. The maximum Gasteiger partial charge on any atom is 0.260 e. The van der Waals surface area contributed by atoms with Crippen LogP contribution < -0.4 is 4.90 Å². The van der Waals surface area contributed by atoms with Gasteiger partial charge in [-0.05, 0) is 75.5 Å². The minimum absolute atomic E-state index is 0.153. The third-order valence-corrected chi connectivity index (χ3v) is 7.99. The largest absolute Gasteiger partial charge is 0.308 e. The molecule has 3 rings (SSSR count). The molecule has 0 saturated carbocycles. The summed E-state index contributed by atoms with van der Waals surface area (Å²) in [6, 6.07) is 10.2. The van der Waals surface area contributed by atoms with Gasteiger partial charge in [0.25, 0.3) is 5.91 Å². The molecule has 3 aromatic rings. The topological polar surface area (TPSA) is 73.8 Å². The minimum atomic E-state index is -3.55. The van der Waals surface area contributed by atoms with Crippen LogP contribution in [0.15, 0.2) is 41.3 Å². The quantitative estimate of drug-likeness (QED) is 0.540. The van der Waals surface area contributed by atoms with E-state index in [1.807, 2.05) is 32.0 Å². The number of amides is 1. The monoisotopic (exact) mass is 460 g/mol. The molecule has 0 bridgehead atoms. The molecule has 0 N–H and O–H groups in total. The van der Waals surface area contributed by atoms with Crippen LogP contribution in [0.25, 0.3) is 10.2 Å². The van der Waals surface area contributed by atoms with Crippen LogP contribution in [0.2, 0.25) is 0 Å². The summed E-state index contributed by atoms with van der Waals surface area (Å²) in [6.45, 7) is 5.26. The second-order valence-corrected chi connectivity index (χ2v) is 11.1. The number of anilines is 1. The number of likely N-dealkylation sites (N-methyl/N-ethyl adjacent to an activating group) is 1. The summed E-state index contributed by atoms with van der Waals surface area (Å²) < 4.78 is 26.8. The molecule has 0 saturated heterocycles. The highest BCUT2D eigenvalue weighted by molar-refractivity contribution is 7.89. The highest BCUT2D eigenvalue weighted by Crippen LogP contribution is 2.31. The first-order valence-electron chi connectivity index (χ1n) is 9.87. The Labute approximate surface area is 188 Å². The third kappa shape index (κ3) is 4.95. The van der Waals surface area contributed by atoms with Crippen molar-refractivity contribution >= 4 is 42.6 Å². The van der Waals surface area contributed by atoms with Gasteiger partial charge in [-0.1, -0.05) is 11.3 Å². The molecule has 0 aliphatic carbocycles. The van der Waals surface area contributed by atoms with Crippen molar-refractivity contribution < 1.29 is 13.2 Å². The molecular formula is C22H28N4O3S2. The number of fused-ring (bicyclic) bond motifs is 1. The van der Waals surface area contributed by atoms with E-state index < -0.39 is 10.0 Å². The van der Waals surface area contributed by atoms with Gasteiger partial charge in [-0.15, -0.1) is 0 Å². The molecule has 1 amide bonds. The molecule has 166 valence electrons. The van der Waals surface area contributed by atoms with Crippen molar-refractivity contribution in [2.24, 2.45) is 0 Å². The van der Waals surface area contributed by atoms with Gasteiger partial charge in [-0.2, -0.15) is 0 Å². The lowest BCUT2D eigenvalue weighted by atomic mass is 10.1. The molecule has 31 heavy (non-hydrogen) atoms. The summed E-state index contributed by atoms with van der Waals surface area (Å²) in [7, 11) is 3.32. The van der Waals surface area contributed by atoms with E-state index in [1.54, 1.807) is 17.0 Å². The van der Waals surface area contributed by atoms with Crippen LogP contribution in [-0.2, 0) is 10.0 Å². The summed E-state index contributed by atoms with van der Waals surface area (Å²) in [5.74, 6) is -0.205. The van der Waals surface area contributed by atoms with Crippen molar-refractivity contribution in [3.05, 3.63) is 53.1 Å². The molecule has 0 aliphatic rings. The molecule has 0 aliphatic heterocycles. The van der Waals surface area contributed by atoms with Gasteiger partial charge in [0.2, 0.25) is 10.0 Å². The Bertz CT molecular complexity index is 1160. The summed E-state index contributed by atoms with van der Waals surface area (Å²) >= 11 is 1.49. The van der Waals surface area contributed by atoms with Crippen molar-refractivity contribution in [1.82, 2.24) is 14.2 Å². The van der Waals surface area contributed by atoms with Gasteiger partial charge in [0.05, 0.1) is 15.1 Å². The van der Waals surface area contributed by atoms with Gasteiger partial charge in [0, 0.05) is 32.7 Å². The van der Waals surface area contributed by atoms with Gasteiger partial charge in [0.1, 0.15) is 0 Å². The van der Waals surface area contributed by atoms with Crippen molar-refractivity contribution in [1.29, 1.82) is 0 Å². The lowest BCUT2D eigenvalue weighted by Gasteiger charge is -2.22. The zero-order valence-corrected chi connectivity index (χ0v) is 20.3. The number of hydrogen-bond donors (Lipinski definition) is 0. The van der Waals surface area contributed by atoms with Crippen LogP contribution in [-0.4, -0.2) is 69.8 Å². The maximum atomic E-state index is 13.4. The fraction of sp³-hybridized carbons (Fsp3) is 0.364. The lowest BCUT2D eigenvalue weighted by Crippen LogP contribution is -2.36. The second-order valence-electron chi connectivity index (χ2n) is 7.97. The molecule has 2 aromatic carbocycles. The fourth-order valence-corrected chi connectivity index (χ4v) is 4.98. The molecule has 7 nitrogen and oxygen atoms in total. The van der Waals surface area contributed by atoms with E-state index in [0.717, 1.165) is 20.1 Å². The number of thiazole rings is 1. The molecule has 0 radical (unpaired) electrons. The first kappa shape index (κ1) is 23.3. The van der Waals surface area contributed by atoms with Crippen molar-refractivity contribution in [2.75, 3.05) is 46.2 Å². The van der Waals surface area contributed by atoms with Crippen molar-refractivity contribution in [3.8, 4) is 0 Å². The molecule has 0 atom stereocenters. The fourth-order valence-electron chi connectivity index (χ4n) is 3.00. The number of carbonyl (C=O) groups excluding carboxylic acids is 1. The zero-order valence-electron chi connectivity index (χ0n) is 18.7. The van der Waals surface area contributed by atoms with Crippen LogP contribution in [0.3, 0.4) is 0 Å². The first-order chi connectivity index (χ1) is 14.5. The van der Waals surface area contributed by atoms with Gasteiger partial charge in [-0.3, -0.25) is 9.69 Å². The summed E-state index contributed by atoms with van der Waals surface area (Å²) in [6.07, 6.45) is 0. The number of sulfonamides is 1. The predicted octanol–water partition coefficient (Wildman–Crippen LogP) is 3.37. The number of nitrogens with zero attached hydrogens (tertiary/aromatic N) is 4. The highest BCUT2D eigenvalue weighted by atomic mass is 32.2. The molecule has 0 fully saturated rings. The number of carbonyl (C=O) groups is 1. The van der Waals surface area contributed by atoms with E-state index in [0.29, 0.717) is 23.8 Å². The number of rotatable bonds is 7. The van der Waals surface area contributed by atoms with Crippen molar-refractivity contribution in [3.63, 3.8) is 0 Å². The average molecular weight is 461 g/mol. The van der Waals surface area contributed by atoms with E-state index in [2.05, 4.69) is 13.0 Å². The molecule has 1 heterocycles. The molecule has 9 heteroatoms. The van der Waals surface area contributed by atoms with Gasteiger partial charge < -0.3 is 4.90 Å². The Morgan fingerprint density at radius 1 is 0.968 bits per heavy atom. The van der Waals surface area contributed by atoms with E-state index in [-0.39, 0.29) is 10.8 Å². The van der Waals surface area contributed by atoms with Crippen LogP contribution in [0, 0.1) is 13.8 Å². The van der Waals surface area contributed by atoms with Gasteiger partial charge >= 0.3 is 0 Å². The predicted molar refractivity (Wildman–Crippen MR) is 127 cm³/mol. The molecule has 0 unspecified atom stereocenters. The van der Waals surface area contributed by atoms with Crippen LogP contribution >= 0.6 is 11.3 Å². The molecular weight excluding hydrogens is 432 g/mol. The molecule has 1 aromatic heterocycles. The summed E-state index contributed by atoms with van der Waals surface area (Å²) in [5.41, 5.74) is 3.64. The highest BCUT2D eigenvalue weighted by Gasteiger charge is 2.23. The van der Waals surface area contributed by atoms with Crippen LogP contribution in [0.4, 0.5) is 5.13 Å². The number of benzene rings is 2. The average Bonchev–Trinajstić information content (AvgIpc) is 3.10. The van der Waals surface area contributed by atoms with E-state index in [4.69, 9.17) is 4.98 Å². The van der Waals surface area contributed by atoms with E-state index >= 15 is 0 Å². The third-order valence-electron chi connectivity index (χ3n) is 5.12. The summed E-state index contributed by atoms with van der Waals surface area (Å²) in [4.78, 5) is 21.9. The molecule has 0 spiro atoms. The Kier molecular flexibility index (Phi) is 6.80. The van der Waals surface area contributed by atoms with Crippen LogP contribution in [0.5, 0.6) is 0 Å².